The van der Waals surface area contributed by atoms with Crippen LogP contribution >= 0.6 is 38.8 Å². The summed E-state index contributed by atoms with van der Waals surface area (Å²) in [6.07, 6.45) is 0. The average molecular weight is 335 g/mol. The van der Waals surface area contributed by atoms with Gasteiger partial charge < -0.3 is 22.6 Å². The molecule has 0 fully saturated rings. The van der Waals surface area contributed by atoms with Gasteiger partial charge in [-0.05, 0) is 0 Å². The van der Waals surface area contributed by atoms with Crippen molar-refractivity contribution < 1.29 is 40.6 Å². The Morgan fingerprint density at radius 2 is 1.53 bits per heavy atom. The van der Waals surface area contributed by atoms with Crippen LogP contribution in [0.2, 0.25) is 0 Å². The van der Waals surface area contributed by atoms with Crippen molar-refractivity contribution >= 4 is 76.6 Å². The van der Waals surface area contributed by atoms with E-state index in [2.05, 4.69) is 8.83 Å². The van der Waals surface area contributed by atoms with Crippen LogP contribution in [0.3, 0.4) is 0 Å². The Bertz CT molecular complexity index is 250. The molecule has 13 heteroatoms. The average Bonchev–Trinajstić information content (AvgIpc) is 1.82. The van der Waals surface area contributed by atoms with Crippen LogP contribution in [0.1, 0.15) is 2.85 Å². The van der Waals surface area contributed by atoms with E-state index in [9.17, 15) is 9.13 Å². The predicted octanol–water partition coefficient (Wildman–Crippen LogP) is 0.427. The summed E-state index contributed by atoms with van der Waals surface area (Å²) in [5.74, 6) is 0. The molecule has 0 radical (unpaired) electrons. The van der Waals surface area contributed by atoms with E-state index in [1.807, 2.05) is 0 Å². The van der Waals surface area contributed by atoms with Crippen LogP contribution in [0, 0.1) is 0 Å². The first-order valence-corrected chi connectivity index (χ1v) is 6.53. The molecule has 1 atom stereocenters. The summed E-state index contributed by atoms with van der Waals surface area (Å²) in [7, 11) is -9.00. The Balaban J connectivity index is -0.0000000907. The number of rotatable bonds is 4. The number of aliphatic hydroxyl groups is 1. The van der Waals surface area contributed by atoms with Crippen molar-refractivity contribution in [1.29, 1.82) is 0 Å². The summed E-state index contributed by atoms with van der Waals surface area (Å²) in [6.45, 7) is 0. The molecule has 0 aliphatic carbocycles. The largest absolute Gasteiger partial charge is 2.00 e. The molecule has 15 heavy (non-hydrogen) atoms. The van der Waals surface area contributed by atoms with Gasteiger partial charge in [0.2, 0.25) is 5.02 Å². The van der Waals surface area contributed by atoms with Crippen LogP contribution in [-0.2, 0) is 18.0 Å². The third-order valence-corrected chi connectivity index (χ3v) is 3.00. The van der Waals surface area contributed by atoms with Gasteiger partial charge in [-0.3, -0.25) is 4.52 Å². The normalized spacial score (nSPS) is 14.7. The second-order valence-electron chi connectivity index (χ2n) is 1.41. The molecule has 0 amide bonds. The molecule has 0 aliphatic heterocycles. The van der Waals surface area contributed by atoms with Gasteiger partial charge in [-0.2, -0.15) is 4.31 Å². The molecule has 92 valence electrons. The summed E-state index contributed by atoms with van der Waals surface area (Å²) in [4.78, 5) is 24.6. The second-order valence-corrected chi connectivity index (χ2v) is 5.21. The van der Waals surface area contributed by atoms with Crippen molar-refractivity contribution in [2.75, 3.05) is 7.11 Å². The van der Waals surface area contributed by atoms with Crippen LogP contribution in [0.5, 0.6) is 0 Å². The van der Waals surface area contributed by atoms with Crippen LogP contribution < -0.4 is 0 Å². The minimum Gasteiger partial charge on any atom is -1.00 e. The molecule has 0 saturated carbocycles. The number of hydrogen-bond acceptors (Lipinski definition) is 5. The molecule has 8 nitrogen and oxygen atoms in total. The number of hydrogen-bond donors (Lipinski definition) is 4. The zero-order valence-electron chi connectivity index (χ0n) is 9.36. The Morgan fingerprint density at radius 3 is 1.73 bits per heavy atom. The minimum absolute atomic E-state index is 0. The standard InChI is InChI=1S/CH4Cl2O7P2.CH4O.Ca.2H/c2-1(3)9-12(7,8)10-11(4,5)6;1-2;;;/h1H,(H,7,8)(H2,4,5,6);2H,1H3;;;/q;;+2;2*-1. The molecule has 0 aromatic rings. The molecule has 4 N–H and O–H groups in total. The molecule has 0 aliphatic rings. The number of alkyl halides is 2. The zero-order valence-corrected chi connectivity index (χ0v) is 12.9. The van der Waals surface area contributed by atoms with Crippen LogP contribution in [0.25, 0.3) is 0 Å². The van der Waals surface area contributed by atoms with E-state index in [-0.39, 0.29) is 40.6 Å². The van der Waals surface area contributed by atoms with E-state index in [4.69, 9.17) is 43.0 Å². The molecule has 0 rings (SSSR count). The smallest absolute Gasteiger partial charge is 1.00 e. The van der Waals surface area contributed by atoms with E-state index >= 15 is 0 Å². The Morgan fingerprint density at radius 1 is 1.20 bits per heavy atom. The molecule has 0 aromatic heterocycles. The molecule has 0 bridgehead atoms. The fourth-order valence-corrected chi connectivity index (χ4v) is 2.29. The first kappa shape index (κ1) is 22.3. The molecule has 1 unspecified atom stereocenters. The topological polar surface area (TPSA) is 134 Å². The van der Waals surface area contributed by atoms with Gasteiger partial charge in [-0.1, -0.05) is 23.2 Å². The number of halogens is 2. The summed E-state index contributed by atoms with van der Waals surface area (Å²) in [5, 5.41) is 5.28. The second kappa shape index (κ2) is 10.0. The SMILES string of the molecule is CO.O=P(O)(O)OP(=O)(O)OC(Cl)Cl.[Ca+2].[H-].[H-]. The minimum atomic E-state index is -5.10. The fourth-order valence-electron chi connectivity index (χ4n) is 0.254. The van der Waals surface area contributed by atoms with Crippen LogP contribution in [0.15, 0.2) is 0 Å². The first-order chi connectivity index (χ1) is 6.12. The van der Waals surface area contributed by atoms with Gasteiger partial charge in [0.05, 0.1) is 0 Å². The summed E-state index contributed by atoms with van der Waals surface area (Å²) in [6, 6.07) is 0. The van der Waals surface area contributed by atoms with Crippen molar-refractivity contribution in [3.05, 3.63) is 0 Å². The number of phosphoric acid groups is 2. The van der Waals surface area contributed by atoms with E-state index < -0.39 is 20.7 Å². The van der Waals surface area contributed by atoms with Gasteiger partial charge in [-0.25, -0.2) is 9.13 Å². The Kier molecular flexibility index (Phi) is 14.9. The molecule has 0 aromatic carbocycles. The van der Waals surface area contributed by atoms with Crippen LogP contribution in [-0.4, -0.2) is 69.7 Å². The quantitative estimate of drug-likeness (QED) is 0.330. The fraction of sp³-hybridized carbons (Fsp3) is 1.00. The predicted molar refractivity (Wildman–Crippen MR) is 55.7 cm³/mol. The van der Waals surface area contributed by atoms with Crippen molar-refractivity contribution in [2.24, 2.45) is 0 Å². The molecular formula is C2H10CaCl2O8P2. The maximum Gasteiger partial charge on any atom is 2.00 e. The monoisotopic (exact) mass is 334 g/mol. The van der Waals surface area contributed by atoms with Gasteiger partial charge in [0.25, 0.3) is 0 Å². The summed E-state index contributed by atoms with van der Waals surface area (Å²) in [5.41, 5.74) is 0. The molecular weight excluding hydrogens is 325 g/mol. The van der Waals surface area contributed by atoms with Gasteiger partial charge >= 0.3 is 53.4 Å². The number of aliphatic hydroxyl groups excluding tert-OH is 1. The van der Waals surface area contributed by atoms with Crippen molar-refractivity contribution in [3.8, 4) is 0 Å². The van der Waals surface area contributed by atoms with Gasteiger partial charge in [0.1, 0.15) is 0 Å². The van der Waals surface area contributed by atoms with Gasteiger partial charge in [0.15, 0.2) is 0 Å². The van der Waals surface area contributed by atoms with E-state index in [1.165, 1.54) is 0 Å². The maximum atomic E-state index is 10.5. The Labute approximate surface area is 128 Å². The van der Waals surface area contributed by atoms with Gasteiger partial charge in [-0.15, -0.1) is 0 Å². The molecule has 0 saturated heterocycles. The third kappa shape index (κ3) is 18.6. The maximum absolute atomic E-state index is 10.5. The van der Waals surface area contributed by atoms with Crippen molar-refractivity contribution in [2.45, 2.75) is 5.02 Å². The molecule has 0 heterocycles. The van der Waals surface area contributed by atoms with Crippen molar-refractivity contribution in [1.82, 2.24) is 0 Å². The van der Waals surface area contributed by atoms with Crippen LogP contribution in [0.4, 0.5) is 0 Å². The van der Waals surface area contributed by atoms with E-state index in [1.54, 1.807) is 0 Å². The van der Waals surface area contributed by atoms with E-state index in [0.717, 1.165) is 7.11 Å². The molecule has 0 spiro atoms. The van der Waals surface area contributed by atoms with E-state index in [0.29, 0.717) is 0 Å². The zero-order chi connectivity index (χ0) is 12.0. The summed E-state index contributed by atoms with van der Waals surface area (Å²) >= 11 is 9.74. The third-order valence-electron chi connectivity index (χ3n) is 0.422. The summed E-state index contributed by atoms with van der Waals surface area (Å²) < 4.78 is 27.6. The Hall–Kier alpha value is 2.06. The first-order valence-electron chi connectivity index (χ1n) is 2.63. The number of phosphoric ester groups is 1. The van der Waals surface area contributed by atoms with Crippen molar-refractivity contribution in [3.63, 3.8) is 0 Å². The van der Waals surface area contributed by atoms with Gasteiger partial charge in [0, 0.05) is 7.11 Å².